The van der Waals surface area contributed by atoms with E-state index in [0.717, 1.165) is 5.56 Å². The zero-order valence-corrected chi connectivity index (χ0v) is 13.4. The fraction of sp³-hybridized carbons (Fsp3) is 0.167. The summed E-state index contributed by atoms with van der Waals surface area (Å²) in [7, 11) is 0. The van der Waals surface area contributed by atoms with Gasteiger partial charge < -0.3 is 13.9 Å². The van der Waals surface area contributed by atoms with E-state index in [9.17, 15) is 4.79 Å². The molecule has 0 saturated heterocycles. The lowest BCUT2D eigenvalue weighted by Crippen LogP contribution is -2.21. The second kappa shape index (κ2) is 6.27. The van der Waals surface area contributed by atoms with Crippen molar-refractivity contribution in [2.24, 2.45) is 0 Å². The van der Waals surface area contributed by atoms with Crippen molar-refractivity contribution in [3.8, 4) is 11.5 Å². The number of ether oxygens (including phenoxy) is 2. The van der Waals surface area contributed by atoms with Crippen LogP contribution in [0.15, 0.2) is 52.9 Å². The molecule has 1 aromatic heterocycles. The van der Waals surface area contributed by atoms with Gasteiger partial charge in [-0.05, 0) is 30.7 Å². The van der Waals surface area contributed by atoms with Crippen molar-refractivity contribution >= 4 is 11.9 Å². The van der Waals surface area contributed by atoms with E-state index in [2.05, 4.69) is 15.5 Å². The zero-order valence-electron chi connectivity index (χ0n) is 13.4. The molecule has 0 bridgehead atoms. The molecule has 2 aromatic carbocycles. The molecule has 7 nitrogen and oxygen atoms in total. The molecular weight excluding hydrogens is 322 g/mol. The van der Waals surface area contributed by atoms with Crippen molar-refractivity contribution in [2.45, 2.75) is 13.0 Å². The molecule has 2 heterocycles. The summed E-state index contributed by atoms with van der Waals surface area (Å²) in [5.74, 6) is 1.22. The maximum absolute atomic E-state index is 12.3. The van der Waals surface area contributed by atoms with Crippen molar-refractivity contribution in [1.82, 2.24) is 10.2 Å². The molecule has 0 aliphatic carbocycles. The van der Waals surface area contributed by atoms with Crippen LogP contribution in [0.5, 0.6) is 11.5 Å². The van der Waals surface area contributed by atoms with Gasteiger partial charge in [-0.15, -0.1) is 5.10 Å². The van der Waals surface area contributed by atoms with Crippen LogP contribution in [0, 0.1) is 6.92 Å². The quantitative estimate of drug-likeness (QED) is 0.790. The smallest absolute Gasteiger partial charge is 0.322 e. The number of nitrogens with zero attached hydrogens (tertiary/aromatic N) is 2. The van der Waals surface area contributed by atoms with Gasteiger partial charge in [-0.1, -0.05) is 35.4 Å². The monoisotopic (exact) mass is 337 g/mol. The van der Waals surface area contributed by atoms with E-state index >= 15 is 0 Å². The van der Waals surface area contributed by atoms with Crippen molar-refractivity contribution in [2.75, 3.05) is 11.9 Å². The van der Waals surface area contributed by atoms with Crippen LogP contribution >= 0.6 is 0 Å². The number of benzene rings is 2. The van der Waals surface area contributed by atoms with Gasteiger partial charge in [-0.3, -0.25) is 10.1 Å². The Labute approximate surface area is 143 Å². The number of aryl methyl sites for hydroxylation is 1. The molecular formula is C18H15N3O4. The summed E-state index contributed by atoms with van der Waals surface area (Å²) < 4.78 is 16.9. The molecule has 1 atom stereocenters. The summed E-state index contributed by atoms with van der Waals surface area (Å²) in [5, 5.41) is 10.4. The molecule has 0 saturated carbocycles. The first-order valence-electron chi connectivity index (χ1n) is 7.79. The first kappa shape index (κ1) is 15.2. The van der Waals surface area contributed by atoms with Gasteiger partial charge in [-0.2, -0.15) is 0 Å². The topological polar surface area (TPSA) is 86.5 Å². The highest BCUT2D eigenvalue weighted by atomic mass is 16.6. The molecule has 0 unspecified atom stereocenters. The summed E-state index contributed by atoms with van der Waals surface area (Å²) >= 11 is 0. The molecule has 0 fully saturated rings. The van der Waals surface area contributed by atoms with Crippen molar-refractivity contribution in [3.05, 3.63) is 65.5 Å². The molecule has 126 valence electrons. The maximum atomic E-state index is 12.3. The second-order valence-corrected chi connectivity index (χ2v) is 5.58. The third-order valence-corrected chi connectivity index (χ3v) is 3.83. The Hall–Kier alpha value is -3.35. The Bertz CT molecular complexity index is 922. The molecule has 0 spiro atoms. The SMILES string of the molecule is Cc1ccccc1C(=O)Nc1nnc([C@H]2COc3ccccc3O2)o1. The Kier molecular flexibility index (Phi) is 3.81. The third-order valence-electron chi connectivity index (χ3n) is 3.83. The van der Waals surface area contributed by atoms with Gasteiger partial charge in [0.1, 0.15) is 6.61 Å². The molecule has 4 rings (SSSR count). The first-order valence-corrected chi connectivity index (χ1v) is 7.79. The average molecular weight is 337 g/mol. The number of hydrogen-bond donors (Lipinski definition) is 1. The Morgan fingerprint density at radius 3 is 2.68 bits per heavy atom. The molecule has 25 heavy (non-hydrogen) atoms. The number of aromatic nitrogens is 2. The van der Waals surface area contributed by atoms with Gasteiger partial charge >= 0.3 is 6.01 Å². The maximum Gasteiger partial charge on any atom is 0.322 e. The summed E-state index contributed by atoms with van der Waals surface area (Å²) in [6, 6.07) is 14.6. The van der Waals surface area contributed by atoms with Gasteiger partial charge in [0, 0.05) is 5.56 Å². The number of amides is 1. The van der Waals surface area contributed by atoms with Gasteiger partial charge in [-0.25, -0.2) is 0 Å². The number of para-hydroxylation sites is 2. The lowest BCUT2D eigenvalue weighted by atomic mass is 10.1. The highest BCUT2D eigenvalue weighted by Gasteiger charge is 2.27. The largest absolute Gasteiger partial charge is 0.485 e. The first-order chi connectivity index (χ1) is 12.2. The predicted octanol–water partition coefficient (Wildman–Crippen LogP) is 3.14. The number of anilines is 1. The van der Waals surface area contributed by atoms with Gasteiger partial charge in [0.15, 0.2) is 11.5 Å². The standard InChI is InChI=1S/C18H15N3O4/c1-11-6-2-3-7-12(11)16(22)19-18-21-20-17(25-18)15-10-23-13-8-4-5-9-14(13)24-15/h2-9,15H,10H2,1H3,(H,19,21,22)/t15-/m1/s1. The fourth-order valence-corrected chi connectivity index (χ4v) is 2.55. The number of carbonyl (C=O) groups excluding carboxylic acids is 1. The van der Waals surface area contributed by atoms with Gasteiger partial charge in [0.05, 0.1) is 0 Å². The van der Waals surface area contributed by atoms with Crippen LogP contribution in [0.2, 0.25) is 0 Å². The second-order valence-electron chi connectivity index (χ2n) is 5.58. The summed E-state index contributed by atoms with van der Waals surface area (Å²) in [6.45, 7) is 2.11. The van der Waals surface area contributed by atoms with Crippen LogP contribution in [0.25, 0.3) is 0 Å². The van der Waals surface area contributed by atoms with Crippen LogP contribution in [0.4, 0.5) is 6.01 Å². The molecule has 3 aromatic rings. The molecule has 1 N–H and O–H groups in total. The molecule has 1 aliphatic rings. The molecule has 0 radical (unpaired) electrons. The van der Waals surface area contributed by atoms with Crippen LogP contribution in [-0.2, 0) is 0 Å². The van der Waals surface area contributed by atoms with E-state index < -0.39 is 6.10 Å². The third kappa shape index (κ3) is 3.03. The minimum atomic E-state index is -0.522. The molecule has 1 aliphatic heterocycles. The Morgan fingerprint density at radius 1 is 1.08 bits per heavy atom. The van der Waals surface area contributed by atoms with E-state index in [4.69, 9.17) is 13.9 Å². The Morgan fingerprint density at radius 2 is 1.84 bits per heavy atom. The lowest BCUT2D eigenvalue weighted by Gasteiger charge is -2.23. The molecule has 7 heteroatoms. The van der Waals surface area contributed by atoms with Crippen molar-refractivity contribution in [1.29, 1.82) is 0 Å². The van der Waals surface area contributed by atoms with Gasteiger partial charge in [0.2, 0.25) is 6.10 Å². The Balaban J connectivity index is 1.48. The summed E-state index contributed by atoms with van der Waals surface area (Å²) in [6.07, 6.45) is -0.522. The van der Waals surface area contributed by atoms with Crippen LogP contribution in [-0.4, -0.2) is 22.7 Å². The number of hydrogen-bond acceptors (Lipinski definition) is 6. The normalized spacial score (nSPS) is 15.6. The van der Waals surface area contributed by atoms with E-state index in [1.807, 2.05) is 37.3 Å². The van der Waals surface area contributed by atoms with E-state index in [1.165, 1.54) is 0 Å². The minimum Gasteiger partial charge on any atom is -0.485 e. The van der Waals surface area contributed by atoms with E-state index in [1.54, 1.807) is 18.2 Å². The highest BCUT2D eigenvalue weighted by molar-refractivity contribution is 6.04. The predicted molar refractivity (Wildman–Crippen MR) is 88.7 cm³/mol. The molecule has 1 amide bonds. The van der Waals surface area contributed by atoms with Gasteiger partial charge in [0.25, 0.3) is 11.8 Å². The number of carbonyl (C=O) groups is 1. The number of fused-ring (bicyclic) bond motifs is 1. The minimum absolute atomic E-state index is 0.0192. The van der Waals surface area contributed by atoms with Crippen LogP contribution in [0.3, 0.4) is 0 Å². The summed E-state index contributed by atoms with van der Waals surface area (Å²) in [4.78, 5) is 12.3. The van der Waals surface area contributed by atoms with E-state index in [0.29, 0.717) is 17.1 Å². The van der Waals surface area contributed by atoms with Crippen LogP contribution in [0.1, 0.15) is 27.9 Å². The van der Waals surface area contributed by atoms with Crippen molar-refractivity contribution < 1.29 is 18.7 Å². The lowest BCUT2D eigenvalue weighted by molar-refractivity contribution is 0.0716. The fourth-order valence-electron chi connectivity index (χ4n) is 2.55. The average Bonchev–Trinajstić information content (AvgIpc) is 3.10. The number of nitrogens with one attached hydrogen (secondary N) is 1. The number of rotatable bonds is 3. The van der Waals surface area contributed by atoms with E-state index in [-0.39, 0.29) is 24.4 Å². The summed E-state index contributed by atoms with van der Waals surface area (Å²) in [5.41, 5.74) is 1.41. The zero-order chi connectivity index (χ0) is 17.2. The van der Waals surface area contributed by atoms with Crippen LogP contribution < -0.4 is 14.8 Å². The highest BCUT2D eigenvalue weighted by Crippen LogP contribution is 2.35. The van der Waals surface area contributed by atoms with Crippen molar-refractivity contribution in [3.63, 3.8) is 0 Å².